The second kappa shape index (κ2) is 4.22. The number of benzene rings is 1. The second-order valence-corrected chi connectivity index (χ2v) is 4.00. The molecule has 4 nitrogen and oxygen atoms in total. The van der Waals surface area contributed by atoms with Crippen molar-refractivity contribution in [2.24, 2.45) is 0 Å². The Bertz CT molecular complexity index is 554. The molecule has 0 amide bonds. The molecular weight excluding hydrogens is 216 g/mol. The largest absolute Gasteiger partial charge is 0.486 e. The number of ether oxygens (including phenoxy) is 2. The number of fused-ring (bicyclic) bond motifs is 2. The third-order valence-electron chi connectivity index (χ3n) is 2.85. The van der Waals surface area contributed by atoms with Crippen molar-refractivity contribution < 1.29 is 9.47 Å². The van der Waals surface area contributed by atoms with E-state index in [9.17, 15) is 0 Å². The van der Waals surface area contributed by atoms with E-state index in [0.29, 0.717) is 13.2 Å². The van der Waals surface area contributed by atoms with Crippen molar-refractivity contribution in [3.8, 4) is 11.5 Å². The Morgan fingerprint density at radius 2 is 2.00 bits per heavy atom. The Labute approximate surface area is 99.6 Å². The normalized spacial score (nSPS) is 13.9. The van der Waals surface area contributed by atoms with Crippen LogP contribution < -0.4 is 14.8 Å². The number of hydrogen-bond acceptors (Lipinski definition) is 4. The van der Waals surface area contributed by atoms with Crippen molar-refractivity contribution >= 4 is 10.8 Å². The molecule has 0 saturated carbocycles. The molecule has 0 atom stereocenters. The lowest BCUT2D eigenvalue weighted by Crippen LogP contribution is -2.15. The summed E-state index contributed by atoms with van der Waals surface area (Å²) in [6.07, 6.45) is 1.82. The van der Waals surface area contributed by atoms with Crippen molar-refractivity contribution in [2.45, 2.75) is 6.54 Å². The maximum Gasteiger partial charge on any atom is 0.162 e. The molecule has 1 aliphatic heterocycles. The fraction of sp³-hybridized carbons (Fsp3) is 0.308. The minimum absolute atomic E-state index is 0.611. The molecule has 88 valence electrons. The monoisotopic (exact) mass is 230 g/mol. The Hall–Kier alpha value is -1.81. The van der Waals surface area contributed by atoms with E-state index in [1.807, 2.05) is 31.4 Å². The zero-order valence-electron chi connectivity index (χ0n) is 9.69. The summed E-state index contributed by atoms with van der Waals surface area (Å²) in [6, 6.07) is 6.03. The van der Waals surface area contributed by atoms with E-state index < -0.39 is 0 Å². The van der Waals surface area contributed by atoms with Gasteiger partial charge in [0.05, 0.1) is 5.69 Å². The fourth-order valence-corrected chi connectivity index (χ4v) is 2.08. The van der Waals surface area contributed by atoms with Crippen molar-refractivity contribution in [3.63, 3.8) is 0 Å². The third kappa shape index (κ3) is 1.80. The fourth-order valence-electron chi connectivity index (χ4n) is 2.08. The van der Waals surface area contributed by atoms with Gasteiger partial charge < -0.3 is 14.8 Å². The van der Waals surface area contributed by atoms with Gasteiger partial charge in [-0.3, -0.25) is 4.98 Å². The van der Waals surface area contributed by atoms with E-state index in [1.165, 1.54) is 0 Å². The maximum atomic E-state index is 5.59. The lowest BCUT2D eigenvalue weighted by atomic mass is 10.1. The first-order valence-corrected chi connectivity index (χ1v) is 5.70. The van der Waals surface area contributed by atoms with E-state index in [4.69, 9.17) is 9.47 Å². The average Bonchev–Trinajstić information content (AvgIpc) is 2.37. The van der Waals surface area contributed by atoms with Gasteiger partial charge in [-0.1, -0.05) is 0 Å². The molecule has 2 heterocycles. The topological polar surface area (TPSA) is 43.4 Å². The predicted molar refractivity (Wildman–Crippen MR) is 65.5 cm³/mol. The van der Waals surface area contributed by atoms with E-state index in [2.05, 4.69) is 10.3 Å². The van der Waals surface area contributed by atoms with Gasteiger partial charge in [-0.05, 0) is 30.6 Å². The van der Waals surface area contributed by atoms with Gasteiger partial charge in [0.15, 0.2) is 11.5 Å². The zero-order valence-corrected chi connectivity index (χ0v) is 9.69. The van der Waals surface area contributed by atoms with E-state index in [-0.39, 0.29) is 0 Å². The smallest absolute Gasteiger partial charge is 0.162 e. The van der Waals surface area contributed by atoms with Gasteiger partial charge in [0, 0.05) is 18.1 Å². The van der Waals surface area contributed by atoms with Crippen molar-refractivity contribution in [3.05, 3.63) is 30.1 Å². The highest BCUT2D eigenvalue weighted by Gasteiger charge is 2.14. The van der Waals surface area contributed by atoms with Crippen LogP contribution in [0, 0.1) is 0 Å². The van der Waals surface area contributed by atoms with Gasteiger partial charge in [0.25, 0.3) is 0 Å². The molecule has 17 heavy (non-hydrogen) atoms. The molecule has 1 aromatic heterocycles. The van der Waals surface area contributed by atoms with Crippen molar-refractivity contribution in [1.82, 2.24) is 10.3 Å². The molecular formula is C13H14N2O2. The van der Waals surface area contributed by atoms with Crippen LogP contribution in [0.4, 0.5) is 0 Å². The Kier molecular flexibility index (Phi) is 2.57. The highest BCUT2D eigenvalue weighted by molar-refractivity contribution is 5.87. The number of pyridine rings is 1. The van der Waals surface area contributed by atoms with Crippen LogP contribution >= 0.6 is 0 Å². The van der Waals surface area contributed by atoms with Crippen LogP contribution in [0.15, 0.2) is 24.4 Å². The van der Waals surface area contributed by atoms with E-state index in [0.717, 1.165) is 34.5 Å². The molecule has 0 bridgehead atoms. The van der Waals surface area contributed by atoms with Crippen molar-refractivity contribution in [1.29, 1.82) is 0 Å². The summed E-state index contributed by atoms with van der Waals surface area (Å²) in [5.74, 6) is 1.64. The minimum atomic E-state index is 0.611. The van der Waals surface area contributed by atoms with E-state index >= 15 is 0 Å². The predicted octanol–water partition coefficient (Wildman–Crippen LogP) is 1.73. The molecule has 0 radical (unpaired) electrons. The van der Waals surface area contributed by atoms with Crippen LogP contribution in [0.3, 0.4) is 0 Å². The summed E-state index contributed by atoms with van der Waals surface area (Å²) in [7, 11) is 1.92. The van der Waals surface area contributed by atoms with Crippen LogP contribution in [-0.4, -0.2) is 25.2 Å². The standard InChI is InChI=1S/C13H14N2O2/c1-14-8-11-10-7-13-12(16-4-5-17-13)6-9(10)2-3-15-11/h2-3,6-7,14H,4-5,8H2,1H3. The Balaban J connectivity index is 2.19. The molecule has 0 saturated heterocycles. The first-order chi connectivity index (χ1) is 8.38. The molecule has 0 spiro atoms. The first kappa shape index (κ1) is 10.4. The van der Waals surface area contributed by atoms with Gasteiger partial charge in [-0.25, -0.2) is 0 Å². The van der Waals surface area contributed by atoms with Crippen molar-refractivity contribution in [2.75, 3.05) is 20.3 Å². The molecule has 0 aliphatic carbocycles. The number of rotatable bonds is 2. The summed E-state index contributed by atoms with van der Waals surface area (Å²) in [4.78, 5) is 4.39. The van der Waals surface area contributed by atoms with Crippen LogP contribution in [-0.2, 0) is 6.54 Å². The lowest BCUT2D eigenvalue weighted by molar-refractivity contribution is 0.172. The summed E-state index contributed by atoms with van der Waals surface area (Å²) in [5.41, 5.74) is 1.03. The number of nitrogens with zero attached hydrogens (tertiary/aromatic N) is 1. The highest BCUT2D eigenvalue weighted by Crippen LogP contribution is 2.35. The maximum absolute atomic E-state index is 5.59. The van der Waals surface area contributed by atoms with E-state index in [1.54, 1.807) is 0 Å². The third-order valence-corrected chi connectivity index (χ3v) is 2.85. The zero-order chi connectivity index (χ0) is 11.7. The van der Waals surface area contributed by atoms with Gasteiger partial charge >= 0.3 is 0 Å². The molecule has 0 fully saturated rings. The molecule has 3 rings (SSSR count). The number of hydrogen-bond donors (Lipinski definition) is 1. The van der Waals surface area contributed by atoms with Crippen LogP contribution in [0.25, 0.3) is 10.8 Å². The SMILES string of the molecule is CNCc1nccc2cc3c(cc12)OCCO3. The highest BCUT2D eigenvalue weighted by atomic mass is 16.6. The lowest BCUT2D eigenvalue weighted by Gasteiger charge is -2.19. The molecule has 1 N–H and O–H groups in total. The summed E-state index contributed by atoms with van der Waals surface area (Å²) in [5, 5.41) is 5.37. The van der Waals surface area contributed by atoms with Gasteiger partial charge in [0.1, 0.15) is 13.2 Å². The number of aromatic nitrogens is 1. The summed E-state index contributed by atoms with van der Waals surface area (Å²) in [6.45, 7) is 1.98. The van der Waals surface area contributed by atoms with Gasteiger partial charge in [0.2, 0.25) is 0 Å². The first-order valence-electron chi connectivity index (χ1n) is 5.70. The Morgan fingerprint density at radius 3 is 2.76 bits per heavy atom. The van der Waals surface area contributed by atoms with Gasteiger partial charge in [-0.2, -0.15) is 0 Å². The van der Waals surface area contributed by atoms with Crippen LogP contribution in [0.2, 0.25) is 0 Å². The molecule has 1 aromatic carbocycles. The summed E-state index contributed by atoms with van der Waals surface area (Å²) < 4.78 is 11.2. The summed E-state index contributed by atoms with van der Waals surface area (Å²) >= 11 is 0. The quantitative estimate of drug-likeness (QED) is 0.853. The van der Waals surface area contributed by atoms with Crippen LogP contribution in [0.5, 0.6) is 11.5 Å². The molecule has 4 heteroatoms. The molecule has 1 aliphatic rings. The van der Waals surface area contributed by atoms with Gasteiger partial charge in [-0.15, -0.1) is 0 Å². The Morgan fingerprint density at radius 1 is 1.24 bits per heavy atom. The van der Waals surface area contributed by atoms with Crippen LogP contribution in [0.1, 0.15) is 5.69 Å². The second-order valence-electron chi connectivity index (χ2n) is 4.00. The average molecular weight is 230 g/mol. The molecule has 0 unspecified atom stereocenters. The minimum Gasteiger partial charge on any atom is -0.486 e. The number of nitrogens with one attached hydrogen (secondary N) is 1. The molecule has 2 aromatic rings.